The van der Waals surface area contributed by atoms with E-state index in [0.717, 1.165) is 33.8 Å². The Morgan fingerprint density at radius 3 is 1.85 bits per heavy atom. The molecule has 10 aromatic rings. The number of benzene rings is 8. The molecule has 0 N–H and O–H groups in total. The van der Waals surface area contributed by atoms with E-state index < -0.39 is 0 Å². The highest BCUT2D eigenvalue weighted by Crippen LogP contribution is 2.51. The van der Waals surface area contributed by atoms with Gasteiger partial charge < -0.3 is 4.90 Å². The van der Waals surface area contributed by atoms with Gasteiger partial charge in [-0.05, 0) is 75.5 Å². The van der Waals surface area contributed by atoms with Gasteiger partial charge in [-0.3, -0.25) is 0 Å². The van der Waals surface area contributed by atoms with Crippen molar-refractivity contribution in [2.24, 2.45) is 0 Å². The first-order valence-corrected chi connectivity index (χ1v) is 19.1. The van der Waals surface area contributed by atoms with Crippen molar-refractivity contribution < 1.29 is 0 Å². The Balaban J connectivity index is 1.10. The Bertz CT molecular complexity index is 3080. The van der Waals surface area contributed by atoms with Gasteiger partial charge in [0, 0.05) is 64.4 Å². The summed E-state index contributed by atoms with van der Waals surface area (Å²) in [5, 5.41) is 8.75. The molecule has 0 bridgehead atoms. The molecule has 0 amide bonds. The number of thiophene rings is 1. The average molecular weight is 695 g/mol. The summed E-state index contributed by atoms with van der Waals surface area (Å²) in [6.45, 7) is 4.69. The summed E-state index contributed by atoms with van der Waals surface area (Å²) >= 11 is 1.88. The number of hydrogen-bond donors (Lipinski definition) is 0. The lowest BCUT2D eigenvalue weighted by molar-refractivity contribution is 0.660. The topological polar surface area (TPSA) is 16.1 Å². The summed E-state index contributed by atoms with van der Waals surface area (Å²) in [5.41, 5.74) is 11.9. The van der Waals surface area contributed by atoms with Gasteiger partial charge in [0.1, 0.15) is 0 Å². The molecule has 3 heteroatoms. The standard InChI is InChI=1S/C50H34N2S/c1-50(2)42-22-12-10-16-35(42)36-29-28-34(30-43(36)50)52(32-14-4-3-5-15-32)33-26-24-31(25-27-33)47-39-19-8-7-18-38(39)46-48(51-47)40-20-9-6-17-37(40)45-41-21-11-13-23-44(41)53-49(45)46/h3-30H,1-2H3. The molecule has 0 atom stereocenters. The fraction of sp³-hybridized carbons (Fsp3) is 0.0600. The predicted molar refractivity (Wildman–Crippen MR) is 227 cm³/mol. The maximum atomic E-state index is 5.58. The fourth-order valence-corrected chi connectivity index (χ4v) is 10.2. The first kappa shape index (κ1) is 30.3. The quantitative estimate of drug-likeness (QED) is 0.171. The Morgan fingerprint density at radius 2 is 1.06 bits per heavy atom. The van der Waals surface area contributed by atoms with Crippen LogP contribution < -0.4 is 4.90 Å². The smallest absolute Gasteiger partial charge is 0.0809 e. The molecule has 11 rings (SSSR count). The zero-order chi connectivity index (χ0) is 35.3. The van der Waals surface area contributed by atoms with Crippen LogP contribution in [-0.4, -0.2) is 4.98 Å². The van der Waals surface area contributed by atoms with Crippen LogP contribution in [0.15, 0.2) is 170 Å². The number of para-hydroxylation sites is 1. The van der Waals surface area contributed by atoms with Gasteiger partial charge in [-0.1, -0.05) is 141 Å². The van der Waals surface area contributed by atoms with E-state index in [4.69, 9.17) is 4.98 Å². The van der Waals surface area contributed by atoms with Crippen LogP contribution in [0, 0.1) is 0 Å². The second-order valence-corrected chi connectivity index (χ2v) is 15.7. The van der Waals surface area contributed by atoms with Crippen molar-refractivity contribution in [3.63, 3.8) is 0 Å². The van der Waals surface area contributed by atoms with Crippen molar-refractivity contribution in [1.82, 2.24) is 4.98 Å². The Hall–Kier alpha value is -6.29. The van der Waals surface area contributed by atoms with Gasteiger partial charge >= 0.3 is 0 Å². The van der Waals surface area contributed by atoms with E-state index in [0.29, 0.717) is 0 Å². The number of rotatable bonds is 4. The third-order valence-corrected chi connectivity index (χ3v) is 12.6. The monoisotopic (exact) mass is 694 g/mol. The lowest BCUT2D eigenvalue weighted by Crippen LogP contribution is -2.16. The van der Waals surface area contributed by atoms with Crippen LogP contribution in [0.3, 0.4) is 0 Å². The molecule has 250 valence electrons. The molecule has 2 aromatic heterocycles. The van der Waals surface area contributed by atoms with Crippen LogP contribution in [0.1, 0.15) is 25.0 Å². The Morgan fingerprint density at radius 1 is 0.472 bits per heavy atom. The fourth-order valence-electron chi connectivity index (χ4n) is 8.93. The first-order valence-electron chi connectivity index (χ1n) is 18.3. The number of anilines is 3. The normalized spacial score (nSPS) is 13.2. The third kappa shape index (κ3) is 4.41. The van der Waals surface area contributed by atoms with Crippen LogP contribution >= 0.6 is 11.3 Å². The van der Waals surface area contributed by atoms with Gasteiger partial charge in [-0.25, -0.2) is 4.98 Å². The van der Waals surface area contributed by atoms with E-state index >= 15 is 0 Å². The molecule has 2 nitrogen and oxygen atoms in total. The minimum Gasteiger partial charge on any atom is -0.310 e. The van der Waals surface area contributed by atoms with Gasteiger partial charge in [0.2, 0.25) is 0 Å². The largest absolute Gasteiger partial charge is 0.310 e. The van der Waals surface area contributed by atoms with E-state index in [2.05, 4.69) is 189 Å². The number of aromatic nitrogens is 1. The van der Waals surface area contributed by atoms with Gasteiger partial charge in [-0.2, -0.15) is 0 Å². The van der Waals surface area contributed by atoms with Crippen LogP contribution in [0.25, 0.3) is 75.0 Å². The average Bonchev–Trinajstić information content (AvgIpc) is 3.71. The van der Waals surface area contributed by atoms with Crippen LogP contribution in [0.4, 0.5) is 17.1 Å². The molecular weight excluding hydrogens is 661 g/mol. The minimum atomic E-state index is -0.0808. The third-order valence-electron chi connectivity index (χ3n) is 11.4. The second-order valence-electron chi connectivity index (χ2n) is 14.7. The SMILES string of the molecule is CC1(C)c2ccccc2-c2ccc(N(c3ccccc3)c3ccc(-c4nc5c6ccccc6c6c7ccccc7sc6c5c5ccccc45)cc3)cc21. The molecule has 0 aliphatic heterocycles. The van der Waals surface area contributed by atoms with Gasteiger partial charge in [0.05, 0.1) is 11.2 Å². The molecule has 1 aliphatic carbocycles. The molecule has 0 radical (unpaired) electrons. The zero-order valence-corrected chi connectivity index (χ0v) is 30.3. The maximum Gasteiger partial charge on any atom is 0.0809 e. The predicted octanol–water partition coefficient (Wildman–Crippen LogP) is 14.4. The number of nitrogens with zero attached hydrogens (tertiary/aromatic N) is 2. The van der Waals surface area contributed by atoms with Gasteiger partial charge in [0.15, 0.2) is 0 Å². The molecule has 53 heavy (non-hydrogen) atoms. The number of fused-ring (bicyclic) bond motifs is 13. The highest BCUT2D eigenvalue weighted by Gasteiger charge is 2.35. The minimum absolute atomic E-state index is 0.0808. The maximum absolute atomic E-state index is 5.58. The van der Waals surface area contributed by atoms with E-state index in [9.17, 15) is 0 Å². The first-order chi connectivity index (χ1) is 26.1. The number of pyridine rings is 1. The van der Waals surface area contributed by atoms with E-state index in [1.807, 2.05) is 11.3 Å². The summed E-state index contributed by atoms with van der Waals surface area (Å²) in [4.78, 5) is 7.96. The Labute approximate surface area is 312 Å². The summed E-state index contributed by atoms with van der Waals surface area (Å²) in [5.74, 6) is 0. The molecule has 0 spiro atoms. The Kier molecular flexibility index (Phi) is 6.50. The van der Waals surface area contributed by atoms with Crippen molar-refractivity contribution in [2.75, 3.05) is 4.90 Å². The second kappa shape index (κ2) is 11.4. The molecule has 0 fully saturated rings. The van der Waals surface area contributed by atoms with Gasteiger partial charge in [0.25, 0.3) is 0 Å². The summed E-state index contributed by atoms with van der Waals surface area (Å²) in [6, 6.07) is 62.0. The van der Waals surface area contributed by atoms with Crippen molar-refractivity contribution in [1.29, 1.82) is 0 Å². The highest BCUT2D eigenvalue weighted by atomic mass is 32.1. The van der Waals surface area contributed by atoms with Crippen LogP contribution in [0.2, 0.25) is 0 Å². The zero-order valence-electron chi connectivity index (χ0n) is 29.5. The van der Waals surface area contributed by atoms with Gasteiger partial charge in [-0.15, -0.1) is 11.3 Å². The molecular formula is C50H34N2S. The van der Waals surface area contributed by atoms with Crippen LogP contribution in [0.5, 0.6) is 0 Å². The van der Waals surface area contributed by atoms with E-state index in [1.54, 1.807) is 0 Å². The molecule has 2 heterocycles. The molecule has 1 aliphatic rings. The lowest BCUT2D eigenvalue weighted by Gasteiger charge is -2.28. The molecule has 0 saturated carbocycles. The van der Waals surface area contributed by atoms with Crippen molar-refractivity contribution in [2.45, 2.75) is 19.3 Å². The lowest BCUT2D eigenvalue weighted by atomic mass is 9.82. The van der Waals surface area contributed by atoms with Crippen molar-refractivity contribution >= 4 is 81.0 Å². The van der Waals surface area contributed by atoms with E-state index in [1.165, 1.54) is 69.4 Å². The molecule has 0 unspecified atom stereocenters. The molecule has 8 aromatic carbocycles. The summed E-state index contributed by atoms with van der Waals surface area (Å²) < 4.78 is 2.62. The van der Waals surface area contributed by atoms with Crippen molar-refractivity contribution in [3.8, 4) is 22.4 Å². The van der Waals surface area contributed by atoms with Crippen LogP contribution in [-0.2, 0) is 5.41 Å². The van der Waals surface area contributed by atoms with Crippen molar-refractivity contribution in [3.05, 3.63) is 181 Å². The highest BCUT2D eigenvalue weighted by molar-refractivity contribution is 7.27. The van der Waals surface area contributed by atoms with E-state index in [-0.39, 0.29) is 5.41 Å². The summed E-state index contributed by atoms with van der Waals surface area (Å²) in [6.07, 6.45) is 0. The number of hydrogen-bond acceptors (Lipinski definition) is 3. The summed E-state index contributed by atoms with van der Waals surface area (Å²) in [7, 11) is 0. The molecule has 0 saturated heterocycles.